The molecule has 174 valence electrons. The van der Waals surface area contributed by atoms with E-state index < -0.39 is 15.9 Å². The van der Waals surface area contributed by atoms with Crippen LogP contribution in [-0.4, -0.2) is 31.9 Å². The van der Waals surface area contributed by atoms with Gasteiger partial charge in [0, 0.05) is 19.1 Å². The van der Waals surface area contributed by atoms with E-state index in [1.165, 1.54) is 6.42 Å². The van der Waals surface area contributed by atoms with Crippen LogP contribution >= 0.6 is 0 Å². The van der Waals surface area contributed by atoms with Crippen molar-refractivity contribution in [3.8, 4) is 5.75 Å². The van der Waals surface area contributed by atoms with Gasteiger partial charge in [0.1, 0.15) is 16.5 Å². The van der Waals surface area contributed by atoms with Crippen molar-refractivity contribution in [1.82, 2.24) is 10.2 Å². The minimum atomic E-state index is -4.09. The highest BCUT2D eigenvalue weighted by atomic mass is 32.2. The van der Waals surface area contributed by atoms with Gasteiger partial charge >= 0.3 is 16.1 Å². The Kier molecular flexibility index (Phi) is 8.12. The molecule has 0 radical (unpaired) electrons. The van der Waals surface area contributed by atoms with Gasteiger partial charge < -0.3 is 14.4 Å². The number of urea groups is 1. The van der Waals surface area contributed by atoms with Gasteiger partial charge in [0.05, 0.1) is 0 Å². The van der Waals surface area contributed by atoms with Crippen molar-refractivity contribution in [2.24, 2.45) is 5.92 Å². The third kappa shape index (κ3) is 6.95. The van der Waals surface area contributed by atoms with Gasteiger partial charge in [-0.15, -0.1) is 0 Å². The molecule has 1 fully saturated rings. The van der Waals surface area contributed by atoms with Gasteiger partial charge in [0.15, 0.2) is 0 Å². The standard InChI is InChI=1S/C24H31FN2O4S/c1-18(2)16-27(24(28)26-21-8-4-3-5-9-21)17-19-7-6-10-22(15-19)31-32(29,30)23-13-11-20(25)12-14-23/h6-7,10-15,18,21H,3-5,8-9,16-17H2,1-2H3,(H,26,28). The molecule has 2 amide bonds. The molecule has 1 aliphatic rings. The van der Waals surface area contributed by atoms with E-state index in [1.807, 2.05) is 6.07 Å². The van der Waals surface area contributed by atoms with Crippen LogP contribution in [0.15, 0.2) is 53.4 Å². The molecule has 0 bridgehead atoms. The molecule has 0 saturated heterocycles. The molecular formula is C24H31FN2O4S. The monoisotopic (exact) mass is 462 g/mol. The lowest BCUT2D eigenvalue weighted by molar-refractivity contribution is 0.180. The van der Waals surface area contributed by atoms with Crippen molar-refractivity contribution in [3.63, 3.8) is 0 Å². The van der Waals surface area contributed by atoms with Crippen LogP contribution in [0.2, 0.25) is 0 Å². The molecule has 0 aromatic heterocycles. The number of benzene rings is 2. The lowest BCUT2D eigenvalue weighted by Crippen LogP contribution is -2.46. The number of hydrogen-bond acceptors (Lipinski definition) is 4. The summed E-state index contributed by atoms with van der Waals surface area (Å²) in [4.78, 5) is 14.6. The molecule has 32 heavy (non-hydrogen) atoms. The predicted octanol–water partition coefficient (Wildman–Crippen LogP) is 5.09. The van der Waals surface area contributed by atoms with Crippen molar-refractivity contribution >= 4 is 16.1 Å². The number of nitrogens with zero attached hydrogens (tertiary/aromatic N) is 1. The second kappa shape index (κ2) is 10.8. The number of halogens is 1. The second-order valence-electron chi connectivity index (χ2n) is 8.70. The molecule has 3 rings (SSSR count). The number of amides is 2. The van der Waals surface area contributed by atoms with E-state index in [2.05, 4.69) is 19.2 Å². The molecule has 6 nitrogen and oxygen atoms in total. The number of carbonyl (C=O) groups excluding carboxylic acids is 1. The van der Waals surface area contributed by atoms with Crippen molar-refractivity contribution in [3.05, 3.63) is 59.9 Å². The van der Waals surface area contributed by atoms with E-state index in [9.17, 15) is 17.6 Å². The van der Waals surface area contributed by atoms with Crippen LogP contribution in [0.1, 0.15) is 51.5 Å². The Morgan fingerprint density at radius 3 is 2.47 bits per heavy atom. The highest BCUT2D eigenvalue weighted by Gasteiger charge is 2.22. The van der Waals surface area contributed by atoms with Gasteiger partial charge in [-0.2, -0.15) is 8.42 Å². The van der Waals surface area contributed by atoms with E-state index in [1.54, 1.807) is 23.1 Å². The average molecular weight is 463 g/mol. The zero-order chi connectivity index (χ0) is 23.1. The summed E-state index contributed by atoms with van der Waals surface area (Å²) in [5.74, 6) is -0.0999. The highest BCUT2D eigenvalue weighted by molar-refractivity contribution is 7.87. The first kappa shape index (κ1) is 24.0. The molecule has 0 aliphatic heterocycles. The average Bonchev–Trinajstić information content (AvgIpc) is 2.74. The Morgan fingerprint density at radius 1 is 1.12 bits per heavy atom. The quantitative estimate of drug-likeness (QED) is 0.554. The summed E-state index contributed by atoms with van der Waals surface area (Å²) in [6, 6.07) is 11.3. The molecule has 1 saturated carbocycles. The van der Waals surface area contributed by atoms with Gasteiger partial charge in [0.25, 0.3) is 0 Å². The van der Waals surface area contributed by atoms with Gasteiger partial charge in [0.2, 0.25) is 0 Å². The van der Waals surface area contributed by atoms with Crippen LogP contribution in [0.5, 0.6) is 5.75 Å². The third-order valence-electron chi connectivity index (χ3n) is 5.39. The maximum Gasteiger partial charge on any atom is 0.339 e. The summed E-state index contributed by atoms with van der Waals surface area (Å²) < 4.78 is 43.4. The molecule has 8 heteroatoms. The highest BCUT2D eigenvalue weighted by Crippen LogP contribution is 2.22. The van der Waals surface area contributed by atoms with Crippen LogP contribution in [0.25, 0.3) is 0 Å². The maximum atomic E-state index is 13.1. The molecule has 1 aliphatic carbocycles. The molecule has 0 heterocycles. The fraction of sp³-hybridized carbons (Fsp3) is 0.458. The molecule has 2 aromatic rings. The summed E-state index contributed by atoms with van der Waals surface area (Å²) >= 11 is 0. The van der Waals surface area contributed by atoms with Gasteiger partial charge in [-0.1, -0.05) is 45.2 Å². The number of hydrogen-bond donors (Lipinski definition) is 1. The Morgan fingerprint density at radius 2 is 1.81 bits per heavy atom. The zero-order valence-electron chi connectivity index (χ0n) is 18.6. The number of carbonyl (C=O) groups is 1. The van der Waals surface area contributed by atoms with Crippen LogP contribution < -0.4 is 9.50 Å². The molecular weight excluding hydrogens is 431 g/mol. The summed E-state index contributed by atoms with van der Waals surface area (Å²) in [7, 11) is -4.09. The van der Waals surface area contributed by atoms with E-state index in [-0.39, 0.29) is 28.6 Å². The Bertz CT molecular complexity index is 1000. The van der Waals surface area contributed by atoms with Crippen LogP contribution in [0.3, 0.4) is 0 Å². The van der Waals surface area contributed by atoms with Gasteiger partial charge in [-0.05, 0) is 60.7 Å². The summed E-state index contributed by atoms with van der Waals surface area (Å²) in [6.45, 7) is 5.02. The van der Waals surface area contributed by atoms with Gasteiger partial charge in [-0.25, -0.2) is 9.18 Å². The molecule has 0 spiro atoms. The van der Waals surface area contributed by atoms with Gasteiger partial charge in [-0.3, -0.25) is 0 Å². The van der Waals surface area contributed by atoms with Crippen molar-refractivity contribution in [2.45, 2.75) is 63.4 Å². The minimum absolute atomic E-state index is 0.101. The van der Waals surface area contributed by atoms with Crippen molar-refractivity contribution < 1.29 is 21.8 Å². The first-order valence-electron chi connectivity index (χ1n) is 11.1. The second-order valence-corrected chi connectivity index (χ2v) is 10.2. The lowest BCUT2D eigenvalue weighted by Gasteiger charge is -2.29. The van der Waals surface area contributed by atoms with E-state index in [0.717, 1.165) is 55.5 Å². The fourth-order valence-corrected chi connectivity index (χ4v) is 4.79. The first-order chi connectivity index (χ1) is 15.2. The third-order valence-corrected chi connectivity index (χ3v) is 6.65. The first-order valence-corrected chi connectivity index (χ1v) is 12.5. The van der Waals surface area contributed by atoms with E-state index in [4.69, 9.17) is 4.18 Å². The maximum absolute atomic E-state index is 13.1. The minimum Gasteiger partial charge on any atom is -0.379 e. The van der Waals surface area contributed by atoms with Crippen LogP contribution in [0.4, 0.5) is 9.18 Å². The van der Waals surface area contributed by atoms with E-state index in [0.29, 0.717) is 13.1 Å². The predicted molar refractivity (Wildman–Crippen MR) is 121 cm³/mol. The summed E-state index contributed by atoms with van der Waals surface area (Å²) in [5.41, 5.74) is 0.760. The largest absolute Gasteiger partial charge is 0.379 e. The van der Waals surface area contributed by atoms with Crippen molar-refractivity contribution in [1.29, 1.82) is 0 Å². The van der Waals surface area contributed by atoms with Crippen LogP contribution in [0, 0.1) is 11.7 Å². The Balaban J connectivity index is 1.71. The Hall–Kier alpha value is -2.61. The smallest absolute Gasteiger partial charge is 0.339 e. The SMILES string of the molecule is CC(C)CN(Cc1cccc(OS(=O)(=O)c2ccc(F)cc2)c1)C(=O)NC1CCCCC1. The summed E-state index contributed by atoms with van der Waals surface area (Å²) in [6.07, 6.45) is 5.50. The topological polar surface area (TPSA) is 75.7 Å². The van der Waals surface area contributed by atoms with E-state index >= 15 is 0 Å². The Labute approximate surface area is 189 Å². The van der Waals surface area contributed by atoms with Crippen molar-refractivity contribution in [2.75, 3.05) is 6.54 Å². The van der Waals surface area contributed by atoms with Crippen LogP contribution in [-0.2, 0) is 16.7 Å². The molecule has 0 unspecified atom stereocenters. The molecule has 0 atom stereocenters. The number of nitrogens with one attached hydrogen (secondary N) is 1. The molecule has 2 aromatic carbocycles. The molecule has 1 N–H and O–H groups in total. The fourth-order valence-electron chi connectivity index (χ4n) is 3.86. The lowest BCUT2D eigenvalue weighted by atomic mass is 9.96. The number of rotatable bonds is 8. The normalized spacial score (nSPS) is 14.9. The zero-order valence-corrected chi connectivity index (χ0v) is 19.4. The summed E-state index contributed by atoms with van der Waals surface area (Å²) in [5, 5.41) is 3.15.